The molecule has 1 aliphatic rings. The molecule has 0 aliphatic heterocycles. The smallest absolute Gasteiger partial charge is 0.274 e. The van der Waals surface area contributed by atoms with E-state index in [4.69, 9.17) is 0 Å². The lowest BCUT2D eigenvalue weighted by Gasteiger charge is -2.04. The number of amides is 1. The molecule has 1 N–H and O–H groups in total. The van der Waals surface area contributed by atoms with Gasteiger partial charge in [0.15, 0.2) is 4.21 Å². The van der Waals surface area contributed by atoms with Crippen LogP contribution < -0.4 is 4.72 Å². The van der Waals surface area contributed by atoms with Gasteiger partial charge < -0.3 is 0 Å². The van der Waals surface area contributed by atoms with Crippen LogP contribution in [0.15, 0.2) is 4.21 Å². The summed E-state index contributed by atoms with van der Waals surface area (Å²) in [6, 6.07) is 0. The van der Waals surface area contributed by atoms with Crippen LogP contribution >= 0.6 is 11.3 Å². The minimum Gasteiger partial charge on any atom is -0.274 e. The van der Waals surface area contributed by atoms with E-state index >= 15 is 0 Å². The molecule has 2 rings (SSSR count). The third kappa shape index (κ3) is 2.50. The van der Waals surface area contributed by atoms with Gasteiger partial charge in [-0.05, 0) is 26.2 Å². The highest BCUT2D eigenvalue weighted by molar-refractivity contribution is 7.92. The molecule has 0 radical (unpaired) electrons. The predicted octanol–water partition coefficient (Wildman–Crippen LogP) is 1.22. The Kier molecular flexibility index (Phi) is 2.99. The molecule has 94 valence electrons. The quantitative estimate of drug-likeness (QED) is 0.899. The Bertz CT molecular complexity index is 562. The Hall–Kier alpha value is -0.950. The molecule has 0 aromatic carbocycles. The highest BCUT2D eigenvalue weighted by atomic mass is 32.2. The molecule has 1 fully saturated rings. The maximum Gasteiger partial charge on any atom is 0.275 e. The molecular weight excluding hydrogens is 260 g/mol. The summed E-state index contributed by atoms with van der Waals surface area (Å²) in [4.78, 5) is 15.7. The third-order valence-electron chi connectivity index (χ3n) is 2.79. The number of rotatable bonds is 3. The van der Waals surface area contributed by atoms with Crippen molar-refractivity contribution < 1.29 is 13.2 Å². The first-order chi connectivity index (χ1) is 7.81. The summed E-state index contributed by atoms with van der Waals surface area (Å²) < 4.78 is 26.2. The van der Waals surface area contributed by atoms with Gasteiger partial charge in [-0.2, -0.15) is 0 Å². The molecule has 1 aromatic heterocycles. The van der Waals surface area contributed by atoms with Crippen molar-refractivity contribution in [2.45, 2.75) is 31.4 Å². The first-order valence-corrected chi connectivity index (χ1v) is 7.62. The fraction of sp³-hybridized carbons (Fsp3) is 0.600. The maximum absolute atomic E-state index is 12.0. The fourth-order valence-electron chi connectivity index (χ4n) is 1.70. The number of thiazole rings is 1. The van der Waals surface area contributed by atoms with Crippen LogP contribution in [0.2, 0.25) is 0 Å². The first kappa shape index (κ1) is 12.5. The molecule has 0 spiro atoms. The zero-order valence-electron chi connectivity index (χ0n) is 9.85. The summed E-state index contributed by atoms with van der Waals surface area (Å²) in [6.07, 6.45) is 0.766. The number of carbonyl (C=O) groups is 1. The van der Waals surface area contributed by atoms with Crippen molar-refractivity contribution in [1.82, 2.24) is 9.71 Å². The standard InChI is InChI=1S/C10H14N2O3S2/c1-5-4-8(5)9(13)12-17(14,15)10-6(2)11-7(3)16-10/h5,8H,4H2,1-3H3,(H,12,13). The van der Waals surface area contributed by atoms with Crippen LogP contribution in [0.25, 0.3) is 0 Å². The lowest BCUT2D eigenvalue weighted by molar-refractivity contribution is -0.120. The van der Waals surface area contributed by atoms with E-state index in [-0.39, 0.29) is 16.0 Å². The van der Waals surface area contributed by atoms with Crippen molar-refractivity contribution in [2.24, 2.45) is 11.8 Å². The first-order valence-electron chi connectivity index (χ1n) is 5.32. The van der Waals surface area contributed by atoms with Gasteiger partial charge in [-0.15, -0.1) is 11.3 Å². The number of hydrogen-bond acceptors (Lipinski definition) is 5. The van der Waals surface area contributed by atoms with Crippen LogP contribution in [0, 0.1) is 25.7 Å². The minimum absolute atomic E-state index is 0.136. The number of sulfonamides is 1. The Balaban J connectivity index is 2.19. The number of carbonyl (C=O) groups excluding carboxylic acids is 1. The van der Waals surface area contributed by atoms with E-state index in [1.807, 2.05) is 6.92 Å². The number of aromatic nitrogens is 1. The van der Waals surface area contributed by atoms with Crippen molar-refractivity contribution in [3.05, 3.63) is 10.7 Å². The molecule has 17 heavy (non-hydrogen) atoms. The molecule has 1 aliphatic carbocycles. The maximum atomic E-state index is 12.0. The molecule has 5 nitrogen and oxygen atoms in total. The van der Waals surface area contributed by atoms with Crippen LogP contribution in [0.4, 0.5) is 0 Å². The van der Waals surface area contributed by atoms with Crippen LogP contribution in [0.1, 0.15) is 24.0 Å². The normalized spacial score (nSPS) is 23.5. The van der Waals surface area contributed by atoms with Gasteiger partial charge in [0, 0.05) is 5.92 Å². The number of nitrogens with one attached hydrogen (secondary N) is 1. The van der Waals surface area contributed by atoms with E-state index in [1.54, 1.807) is 13.8 Å². The number of aryl methyl sites for hydroxylation is 2. The zero-order valence-corrected chi connectivity index (χ0v) is 11.5. The molecule has 2 unspecified atom stereocenters. The van der Waals surface area contributed by atoms with Gasteiger partial charge >= 0.3 is 0 Å². The lowest BCUT2D eigenvalue weighted by atomic mass is 10.3. The average molecular weight is 274 g/mol. The van der Waals surface area contributed by atoms with Crippen molar-refractivity contribution in [3.63, 3.8) is 0 Å². The molecule has 1 amide bonds. The van der Waals surface area contributed by atoms with Crippen LogP contribution in [-0.4, -0.2) is 19.3 Å². The Labute approximate surface area is 104 Å². The van der Waals surface area contributed by atoms with Gasteiger partial charge in [0.25, 0.3) is 10.0 Å². The number of nitrogens with zero attached hydrogens (tertiary/aromatic N) is 1. The summed E-state index contributed by atoms with van der Waals surface area (Å²) in [5.41, 5.74) is 0.441. The lowest BCUT2D eigenvalue weighted by Crippen LogP contribution is -2.32. The monoisotopic (exact) mass is 274 g/mol. The van der Waals surface area contributed by atoms with E-state index < -0.39 is 15.9 Å². The van der Waals surface area contributed by atoms with Crippen molar-refractivity contribution in [2.75, 3.05) is 0 Å². The van der Waals surface area contributed by atoms with Crippen LogP contribution in [-0.2, 0) is 14.8 Å². The highest BCUT2D eigenvalue weighted by Gasteiger charge is 2.41. The summed E-state index contributed by atoms with van der Waals surface area (Å²) in [7, 11) is -3.74. The summed E-state index contributed by atoms with van der Waals surface area (Å²) in [5.74, 6) is -0.267. The summed E-state index contributed by atoms with van der Waals surface area (Å²) in [5, 5.41) is 0.676. The molecule has 0 bridgehead atoms. The van der Waals surface area contributed by atoms with Gasteiger partial charge in [0.1, 0.15) is 0 Å². The largest absolute Gasteiger partial charge is 0.275 e. The molecule has 0 saturated heterocycles. The molecule has 1 saturated carbocycles. The fourth-order valence-corrected chi connectivity index (χ4v) is 4.22. The van der Waals surface area contributed by atoms with E-state index in [0.29, 0.717) is 10.7 Å². The summed E-state index contributed by atoms with van der Waals surface area (Å²) >= 11 is 1.08. The summed E-state index contributed by atoms with van der Waals surface area (Å²) in [6.45, 7) is 5.29. The van der Waals surface area contributed by atoms with Gasteiger partial charge in [0.05, 0.1) is 10.7 Å². The van der Waals surface area contributed by atoms with Crippen molar-refractivity contribution in [3.8, 4) is 0 Å². The SMILES string of the molecule is Cc1nc(C)c(S(=O)(=O)NC(=O)C2CC2C)s1. The highest BCUT2D eigenvalue weighted by Crippen LogP contribution is 2.38. The second-order valence-electron chi connectivity index (χ2n) is 4.39. The van der Waals surface area contributed by atoms with E-state index in [0.717, 1.165) is 17.8 Å². The average Bonchev–Trinajstić information content (AvgIpc) is 2.81. The van der Waals surface area contributed by atoms with Crippen molar-refractivity contribution in [1.29, 1.82) is 0 Å². The Morgan fingerprint density at radius 3 is 2.47 bits per heavy atom. The van der Waals surface area contributed by atoms with Gasteiger partial charge in [-0.1, -0.05) is 6.92 Å². The van der Waals surface area contributed by atoms with Gasteiger partial charge in [-0.25, -0.2) is 18.1 Å². The zero-order chi connectivity index (χ0) is 12.8. The molecule has 1 aromatic rings. The van der Waals surface area contributed by atoms with Crippen molar-refractivity contribution >= 4 is 27.3 Å². The van der Waals surface area contributed by atoms with Gasteiger partial charge in [0.2, 0.25) is 5.91 Å². The second kappa shape index (κ2) is 4.06. The minimum atomic E-state index is -3.74. The molecule has 2 atom stereocenters. The Morgan fingerprint density at radius 1 is 1.47 bits per heavy atom. The molecule has 1 heterocycles. The van der Waals surface area contributed by atoms with Gasteiger partial charge in [-0.3, -0.25) is 4.79 Å². The topological polar surface area (TPSA) is 76.1 Å². The molecule has 7 heteroatoms. The van der Waals surface area contributed by atoms with E-state index in [2.05, 4.69) is 9.71 Å². The number of hydrogen-bond donors (Lipinski definition) is 1. The second-order valence-corrected chi connectivity index (χ2v) is 7.48. The third-order valence-corrected chi connectivity index (χ3v) is 5.82. The predicted molar refractivity (Wildman–Crippen MR) is 64.2 cm³/mol. The van der Waals surface area contributed by atoms with Crippen LogP contribution in [0.5, 0.6) is 0 Å². The Morgan fingerprint density at radius 2 is 2.06 bits per heavy atom. The molecular formula is C10H14N2O3S2. The van der Waals surface area contributed by atoms with E-state index in [1.165, 1.54) is 0 Å². The van der Waals surface area contributed by atoms with E-state index in [9.17, 15) is 13.2 Å². The van der Waals surface area contributed by atoms with Crippen LogP contribution in [0.3, 0.4) is 0 Å².